The number of rotatable bonds is 15. The van der Waals surface area contributed by atoms with Crippen molar-refractivity contribution in [2.75, 3.05) is 51.9 Å². The SMILES string of the molecule is COCC(=O)CCCOP(=O)(O)OP(=O)(O)Oc1cc2c(c3cc(C)[nH]c13)[C@H](CCl)CN2C(=O)c1cc2cc(OC)c(OC)c(C)c2[nH]1. The van der Waals surface area contributed by atoms with Crippen LogP contribution in [0.4, 0.5) is 5.69 Å². The molecule has 260 valence electrons. The van der Waals surface area contributed by atoms with Gasteiger partial charge in [0.25, 0.3) is 5.91 Å². The molecule has 0 bridgehead atoms. The number of ketones is 1. The molecule has 0 aliphatic carbocycles. The first-order chi connectivity index (χ1) is 22.7. The number of H-pyrrole nitrogens is 2. The number of methoxy groups -OCH3 is 3. The van der Waals surface area contributed by atoms with Gasteiger partial charge in [-0.25, -0.2) is 9.13 Å². The maximum absolute atomic E-state index is 14.1. The number of aryl methyl sites for hydroxylation is 2. The first-order valence-corrected chi connectivity index (χ1v) is 18.2. The molecule has 2 aromatic heterocycles. The summed E-state index contributed by atoms with van der Waals surface area (Å²) in [5, 5.41) is 1.30. The second-order valence-corrected chi connectivity index (χ2v) is 14.5. The van der Waals surface area contributed by atoms with Crippen molar-refractivity contribution in [2.24, 2.45) is 0 Å². The molecule has 4 aromatic rings. The van der Waals surface area contributed by atoms with Crippen LogP contribution in [0.1, 0.15) is 46.1 Å². The number of nitrogens with one attached hydrogen (secondary N) is 2. The summed E-state index contributed by atoms with van der Waals surface area (Å²) in [6, 6.07) is 6.62. The highest BCUT2D eigenvalue weighted by atomic mass is 35.5. The van der Waals surface area contributed by atoms with Crippen LogP contribution >= 0.6 is 27.2 Å². The van der Waals surface area contributed by atoms with Crippen molar-refractivity contribution in [2.45, 2.75) is 32.6 Å². The Morgan fingerprint density at radius 3 is 2.42 bits per heavy atom. The molecular weight excluding hydrogens is 692 g/mol. The lowest BCUT2D eigenvalue weighted by Gasteiger charge is -2.20. The number of carbonyl (C=O) groups excluding carboxylic acids is 2. The Balaban J connectivity index is 1.46. The Kier molecular flexibility index (Phi) is 10.6. The van der Waals surface area contributed by atoms with E-state index < -0.39 is 28.2 Å². The number of halogens is 1. The van der Waals surface area contributed by atoms with Crippen LogP contribution in [-0.4, -0.2) is 78.4 Å². The molecule has 1 aliphatic rings. The number of phosphoric ester groups is 2. The molecule has 15 nitrogen and oxygen atoms in total. The van der Waals surface area contributed by atoms with Crippen LogP contribution in [-0.2, 0) is 27.5 Å². The number of carbonyl (C=O) groups is 2. The monoisotopic (exact) mass is 727 g/mol. The largest absolute Gasteiger partial charge is 0.536 e. The maximum Gasteiger partial charge on any atom is 0.536 e. The van der Waals surface area contributed by atoms with E-state index in [0.717, 1.165) is 10.9 Å². The van der Waals surface area contributed by atoms with E-state index in [1.807, 2.05) is 6.92 Å². The lowest BCUT2D eigenvalue weighted by Crippen LogP contribution is -2.30. The first-order valence-electron chi connectivity index (χ1n) is 14.7. The second kappa shape index (κ2) is 14.2. The molecule has 0 saturated carbocycles. The molecule has 0 saturated heterocycles. The number of hydrogen-bond acceptors (Lipinski definition) is 10. The average molecular weight is 728 g/mol. The number of phosphoric acid groups is 2. The third-order valence-electron chi connectivity index (χ3n) is 7.87. The van der Waals surface area contributed by atoms with Gasteiger partial charge in [0.1, 0.15) is 12.3 Å². The van der Waals surface area contributed by atoms with Crippen molar-refractivity contribution in [3.63, 3.8) is 0 Å². The smallest absolute Gasteiger partial charge is 0.493 e. The lowest BCUT2D eigenvalue weighted by atomic mass is 9.99. The first kappa shape index (κ1) is 35.9. The van der Waals surface area contributed by atoms with E-state index in [1.54, 1.807) is 25.1 Å². The van der Waals surface area contributed by atoms with Gasteiger partial charge in [-0.3, -0.25) is 19.0 Å². The minimum atomic E-state index is -5.30. The van der Waals surface area contributed by atoms with Crippen LogP contribution in [0.15, 0.2) is 24.3 Å². The number of hydrogen-bond donors (Lipinski definition) is 4. The van der Waals surface area contributed by atoms with Gasteiger partial charge >= 0.3 is 15.6 Å². The van der Waals surface area contributed by atoms with Crippen molar-refractivity contribution in [3.8, 4) is 17.2 Å². The fourth-order valence-corrected chi connectivity index (χ4v) is 8.27. The van der Waals surface area contributed by atoms with E-state index >= 15 is 0 Å². The number of ether oxygens (including phenoxy) is 3. The zero-order chi connectivity index (χ0) is 35.0. The number of nitrogens with zero attached hydrogens (tertiary/aromatic N) is 1. The van der Waals surface area contributed by atoms with E-state index in [4.69, 9.17) is 34.9 Å². The van der Waals surface area contributed by atoms with Gasteiger partial charge in [-0.2, -0.15) is 4.31 Å². The molecule has 2 unspecified atom stereocenters. The summed E-state index contributed by atoms with van der Waals surface area (Å²) >= 11 is 6.40. The van der Waals surface area contributed by atoms with E-state index in [-0.39, 0.29) is 55.0 Å². The minimum absolute atomic E-state index is 0.000567. The predicted molar refractivity (Wildman–Crippen MR) is 178 cm³/mol. The zero-order valence-electron chi connectivity index (χ0n) is 26.8. The molecule has 1 amide bonds. The van der Waals surface area contributed by atoms with Crippen molar-refractivity contribution in [3.05, 3.63) is 46.8 Å². The molecular formula is C30H36ClN3O12P2. The summed E-state index contributed by atoms with van der Waals surface area (Å²) < 4.78 is 55.9. The standard InChI is InChI=1S/C30H36ClN3O12P2/c1-16-9-21-26-19(13-31)14-34(30(36)22-10-18-11-25(42-4)29(43-5)17(2)27(18)33-22)23(26)12-24(28(21)32-16)45-48(39,40)46-47(37,38)44-8-6-7-20(35)15-41-3/h9-12,19,32-33H,6-8,13-15H2,1-5H3,(H,37,38)(H,39,40)/t19-/m1/s1. The molecule has 3 heterocycles. The molecule has 0 spiro atoms. The number of benzene rings is 2. The van der Waals surface area contributed by atoms with Gasteiger partial charge in [0.15, 0.2) is 23.0 Å². The predicted octanol–water partition coefficient (Wildman–Crippen LogP) is 5.87. The van der Waals surface area contributed by atoms with Crippen LogP contribution < -0.4 is 18.9 Å². The van der Waals surface area contributed by atoms with E-state index in [9.17, 15) is 28.5 Å². The Hall–Kier alpha value is -3.39. The number of Topliss-reactive ketones (excluding diaryl/α,β-unsaturated/α-hetero) is 1. The lowest BCUT2D eigenvalue weighted by molar-refractivity contribution is -0.122. The number of aromatic amines is 2. The quantitative estimate of drug-likeness (QED) is 0.0646. The maximum atomic E-state index is 14.1. The summed E-state index contributed by atoms with van der Waals surface area (Å²) in [6.45, 7) is 3.27. The number of alkyl halides is 1. The third kappa shape index (κ3) is 7.29. The summed E-state index contributed by atoms with van der Waals surface area (Å²) in [6.07, 6.45) is 0.0436. The van der Waals surface area contributed by atoms with Crippen LogP contribution in [0, 0.1) is 13.8 Å². The van der Waals surface area contributed by atoms with Gasteiger partial charge in [0.05, 0.1) is 37.5 Å². The van der Waals surface area contributed by atoms with Crippen LogP contribution in [0.2, 0.25) is 0 Å². The third-order valence-corrected chi connectivity index (χ3v) is 10.8. The number of fused-ring (bicyclic) bond motifs is 4. The Morgan fingerprint density at radius 1 is 1.00 bits per heavy atom. The van der Waals surface area contributed by atoms with Crippen molar-refractivity contribution in [1.29, 1.82) is 0 Å². The Bertz CT molecular complexity index is 1980. The fraction of sp³-hybridized carbons (Fsp3) is 0.400. The Morgan fingerprint density at radius 2 is 1.75 bits per heavy atom. The van der Waals surface area contributed by atoms with Crippen LogP contribution in [0.25, 0.3) is 21.8 Å². The molecule has 0 radical (unpaired) electrons. The number of amides is 1. The molecule has 4 N–H and O–H groups in total. The van der Waals surface area contributed by atoms with Gasteiger partial charge in [0.2, 0.25) is 0 Å². The molecule has 3 atom stereocenters. The van der Waals surface area contributed by atoms with Crippen molar-refractivity contribution in [1.82, 2.24) is 9.97 Å². The highest BCUT2D eigenvalue weighted by Gasteiger charge is 2.40. The van der Waals surface area contributed by atoms with Crippen LogP contribution in [0.5, 0.6) is 17.2 Å². The van der Waals surface area contributed by atoms with Gasteiger partial charge < -0.3 is 38.5 Å². The highest BCUT2D eigenvalue weighted by molar-refractivity contribution is 7.61. The number of aromatic nitrogens is 2. The highest BCUT2D eigenvalue weighted by Crippen LogP contribution is 2.61. The summed E-state index contributed by atoms with van der Waals surface area (Å²) in [4.78, 5) is 54.1. The Labute approximate surface area is 280 Å². The molecule has 18 heteroatoms. The normalized spacial score (nSPS) is 16.9. The summed E-state index contributed by atoms with van der Waals surface area (Å²) in [7, 11) is -6.00. The van der Waals surface area contributed by atoms with Gasteiger partial charge in [-0.1, -0.05) is 0 Å². The fourth-order valence-electron chi connectivity index (χ4n) is 5.90. The second-order valence-electron chi connectivity index (χ2n) is 11.2. The zero-order valence-corrected chi connectivity index (χ0v) is 29.4. The van der Waals surface area contributed by atoms with Gasteiger partial charge in [0, 0.05) is 60.0 Å². The molecule has 0 fully saturated rings. The van der Waals surface area contributed by atoms with Gasteiger partial charge in [-0.05, 0) is 44.0 Å². The van der Waals surface area contributed by atoms with Gasteiger partial charge in [-0.15, -0.1) is 11.6 Å². The van der Waals surface area contributed by atoms with Crippen molar-refractivity contribution >= 4 is 66.4 Å². The van der Waals surface area contributed by atoms with Crippen molar-refractivity contribution < 1.29 is 56.1 Å². The molecule has 1 aliphatic heterocycles. The molecule has 5 rings (SSSR count). The topological polar surface area (TPSA) is 199 Å². The minimum Gasteiger partial charge on any atom is -0.493 e. The average Bonchev–Trinajstić information content (AvgIpc) is 3.73. The van der Waals surface area contributed by atoms with Crippen LogP contribution in [0.3, 0.4) is 0 Å². The van der Waals surface area contributed by atoms with E-state index in [1.165, 1.54) is 32.3 Å². The molecule has 2 aromatic carbocycles. The molecule has 48 heavy (non-hydrogen) atoms. The summed E-state index contributed by atoms with van der Waals surface area (Å²) in [5.74, 6) is 0.0161. The van der Waals surface area contributed by atoms with E-state index in [2.05, 4.69) is 14.3 Å². The summed E-state index contributed by atoms with van der Waals surface area (Å²) in [5.41, 5.74) is 3.73. The number of anilines is 1. The van der Waals surface area contributed by atoms with E-state index in [0.29, 0.717) is 44.9 Å².